The van der Waals surface area contributed by atoms with Crippen LogP contribution in [-0.2, 0) is 16.6 Å². The minimum atomic E-state index is -0.986. The van der Waals surface area contributed by atoms with Crippen LogP contribution in [0.15, 0.2) is 67.0 Å². The van der Waals surface area contributed by atoms with Gasteiger partial charge in [0.1, 0.15) is 11.3 Å². The van der Waals surface area contributed by atoms with Gasteiger partial charge >= 0.3 is 5.97 Å². The van der Waals surface area contributed by atoms with E-state index in [1.807, 2.05) is 31.3 Å². The van der Waals surface area contributed by atoms with Crippen molar-refractivity contribution in [1.82, 2.24) is 4.98 Å². The third kappa shape index (κ3) is 4.69. The lowest BCUT2D eigenvalue weighted by Gasteiger charge is -2.47. The van der Waals surface area contributed by atoms with Gasteiger partial charge < -0.3 is 15.2 Å². The first-order valence-corrected chi connectivity index (χ1v) is 13.2. The molecule has 188 valence electrons. The average Bonchev–Trinajstić information content (AvgIpc) is 3.17. The molecule has 2 aliphatic carbocycles. The zero-order chi connectivity index (χ0) is 25.2. The van der Waals surface area contributed by atoms with E-state index >= 15 is 0 Å². The smallest absolute Gasteiger partial charge is 0.329 e. The summed E-state index contributed by atoms with van der Waals surface area (Å²) in [6.45, 7) is 2.68. The summed E-state index contributed by atoms with van der Waals surface area (Å²) in [5.41, 5.74) is 3.67. The Balaban J connectivity index is 1.32. The Morgan fingerprint density at radius 3 is 2.69 bits per heavy atom. The Kier molecular flexibility index (Phi) is 6.94. The van der Waals surface area contributed by atoms with Crippen LogP contribution in [0.3, 0.4) is 0 Å². The molecule has 1 aromatic heterocycles. The number of aliphatic carboxylic acids is 1. The summed E-state index contributed by atoms with van der Waals surface area (Å²) < 4.78 is 6.05. The molecule has 2 aliphatic rings. The van der Waals surface area contributed by atoms with Gasteiger partial charge in [0.15, 0.2) is 0 Å². The van der Waals surface area contributed by atoms with Gasteiger partial charge in [-0.25, -0.2) is 4.79 Å². The summed E-state index contributed by atoms with van der Waals surface area (Å²) in [6.07, 6.45) is 9.50. The Labute approximate surface area is 217 Å². The molecular weight excluding hydrogens is 472 g/mol. The van der Waals surface area contributed by atoms with Crippen LogP contribution in [0.1, 0.15) is 55.2 Å². The van der Waals surface area contributed by atoms with E-state index in [9.17, 15) is 9.90 Å². The summed E-state index contributed by atoms with van der Waals surface area (Å²) in [7, 11) is 0. The second kappa shape index (κ2) is 10.1. The number of nitrogens with one attached hydrogen (secondary N) is 1. The highest BCUT2D eigenvalue weighted by Gasteiger charge is 2.53. The largest absolute Gasteiger partial charge is 0.493 e. The number of rotatable bonds is 8. The number of hydrogen-bond donors (Lipinski definition) is 2. The molecule has 6 heteroatoms. The molecule has 36 heavy (non-hydrogen) atoms. The van der Waals surface area contributed by atoms with E-state index in [4.69, 9.17) is 16.3 Å². The van der Waals surface area contributed by atoms with Gasteiger partial charge in [-0.1, -0.05) is 41.9 Å². The maximum absolute atomic E-state index is 12.6. The summed E-state index contributed by atoms with van der Waals surface area (Å²) in [5, 5.41) is 14.2. The predicted octanol–water partition coefficient (Wildman–Crippen LogP) is 6.82. The zero-order valence-electron chi connectivity index (χ0n) is 20.7. The molecule has 5 rings (SSSR count). The molecule has 1 fully saturated rings. The second-order valence-electron chi connectivity index (χ2n) is 10.4. The highest BCUT2D eigenvalue weighted by atomic mass is 35.5. The number of carbonyl (C=O) groups is 1. The van der Waals surface area contributed by atoms with Gasteiger partial charge in [-0.15, -0.1) is 0 Å². The molecule has 0 amide bonds. The fourth-order valence-corrected chi connectivity index (χ4v) is 6.60. The van der Waals surface area contributed by atoms with Crippen LogP contribution in [0.5, 0.6) is 5.75 Å². The van der Waals surface area contributed by atoms with Crippen LogP contribution in [0.4, 0.5) is 5.69 Å². The maximum atomic E-state index is 12.6. The lowest BCUT2D eigenvalue weighted by Crippen LogP contribution is -2.53. The summed E-state index contributed by atoms with van der Waals surface area (Å²) in [6, 6.07) is 18.0. The van der Waals surface area contributed by atoms with Gasteiger partial charge in [0.05, 0.1) is 6.61 Å². The maximum Gasteiger partial charge on any atom is 0.329 e. The second-order valence-corrected chi connectivity index (χ2v) is 10.8. The third-order valence-electron chi connectivity index (χ3n) is 8.34. The van der Waals surface area contributed by atoms with Crippen LogP contribution in [0.25, 0.3) is 0 Å². The SMILES string of the molecule is Cc1cnccc1OCCC[C@@H]1Cc2ccccc2C12CCC(Nc1cccc(Cl)c1)(C(=O)O)CC2. The number of aryl methyl sites for hydroxylation is 1. The lowest BCUT2D eigenvalue weighted by molar-refractivity contribution is -0.144. The molecular formula is C30H33ClN2O3. The van der Waals surface area contributed by atoms with Crippen LogP contribution in [0.2, 0.25) is 5.02 Å². The lowest BCUT2D eigenvalue weighted by atomic mass is 9.60. The third-order valence-corrected chi connectivity index (χ3v) is 8.57. The van der Waals surface area contributed by atoms with E-state index in [1.54, 1.807) is 18.3 Å². The summed E-state index contributed by atoms with van der Waals surface area (Å²) >= 11 is 6.17. The van der Waals surface area contributed by atoms with Crippen LogP contribution >= 0.6 is 11.6 Å². The fourth-order valence-electron chi connectivity index (χ4n) is 6.41. The highest BCUT2D eigenvalue weighted by molar-refractivity contribution is 6.30. The Morgan fingerprint density at radius 1 is 1.14 bits per heavy atom. The molecule has 2 N–H and O–H groups in total. The number of fused-ring (bicyclic) bond motifs is 2. The van der Waals surface area contributed by atoms with E-state index < -0.39 is 11.5 Å². The van der Waals surface area contributed by atoms with Crippen molar-refractivity contribution >= 4 is 23.3 Å². The van der Waals surface area contributed by atoms with E-state index in [0.717, 1.165) is 49.1 Å². The van der Waals surface area contributed by atoms with Gasteiger partial charge in [-0.05, 0) is 98.6 Å². The number of hydrogen-bond acceptors (Lipinski definition) is 4. The van der Waals surface area contributed by atoms with Crippen molar-refractivity contribution in [2.45, 2.75) is 62.8 Å². The van der Waals surface area contributed by atoms with Crippen molar-refractivity contribution in [2.75, 3.05) is 11.9 Å². The topological polar surface area (TPSA) is 71.5 Å². The molecule has 0 radical (unpaired) electrons. The number of halogens is 1. The van der Waals surface area contributed by atoms with Crippen LogP contribution < -0.4 is 10.1 Å². The van der Waals surface area contributed by atoms with Gasteiger partial charge in [0.2, 0.25) is 0 Å². The summed E-state index contributed by atoms with van der Waals surface area (Å²) in [4.78, 5) is 16.7. The van der Waals surface area contributed by atoms with Crippen molar-refractivity contribution in [2.24, 2.45) is 5.92 Å². The zero-order valence-corrected chi connectivity index (χ0v) is 21.4. The number of pyridine rings is 1. The minimum Gasteiger partial charge on any atom is -0.493 e. The molecule has 1 atom stereocenters. The monoisotopic (exact) mass is 504 g/mol. The van der Waals surface area contributed by atoms with Gasteiger partial charge in [0.25, 0.3) is 0 Å². The molecule has 0 bridgehead atoms. The molecule has 0 saturated heterocycles. The van der Waals surface area contributed by atoms with Crippen LogP contribution in [-0.4, -0.2) is 28.2 Å². The highest BCUT2D eigenvalue weighted by Crippen LogP contribution is 2.55. The van der Waals surface area contributed by atoms with Gasteiger partial charge in [0, 0.05) is 28.7 Å². The van der Waals surface area contributed by atoms with E-state index in [2.05, 4.69) is 34.6 Å². The van der Waals surface area contributed by atoms with Crippen molar-refractivity contribution in [3.05, 3.63) is 88.7 Å². The number of nitrogens with zero attached hydrogens (tertiary/aromatic N) is 1. The Hall–Kier alpha value is -3.05. The standard InChI is InChI=1S/C30H33ClN2O3/c1-21-20-32-16-11-27(21)36-17-5-7-23-18-22-6-2-3-10-26(22)29(23)12-14-30(15-13-29,28(34)35)33-25-9-4-8-24(31)19-25/h2-4,6,8-11,16,19-20,23,33H,5,7,12-15,17-18H2,1H3,(H,34,35)/t23-,29?,30?/m1/s1. The first kappa shape index (κ1) is 24.6. The van der Waals surface area contributed by atoms with Gasteiger partial charge in [-0.3, -0.25) is 4.98 Å². The number of carboxylic acid groups (broad SMARTS) is 1. The molecule has 1 spiro atoms. The first-order valence-electron chi connectivity index (χ1n) is 12.8. The number of aromatic nitrogens is 1. The normalized spacial score (nSPS) is 24.9. The summed E-state index contributed by atoms with van der Waals surface area (Å²) in [5.74, 6) is 0.585. The molecule has 3 aromatic rings. The van der Waals surface area contributed by atoms with Crippen molar-refractivity contribution in [3.8, 4) is 5.75 Å². The average molecular weight is 505 g/mol. The minimum absolute atomic E-state index is 0.0120. The van der Waals surface area contributed by atoms with E-state index in [1.165, 1.54) is 11.1 Å². The number of benzene rings is 2. The molecule has 2 aromatic carbocycles. The molecule has 1 saturated carbocycles. The molecule has 5 nitrogen and oxygen atoms in total. The number of ether oxygens (including phenoxy) is 1. The first-order chi connectivity index (χ1) is 17.4. The fraction of sp³-hybridized carbons (Fsp3) is 0.400. The number of carboxylic acids is 1. The molecule has 1 heterocycles. The molecule has 0 aliphatic heterocycles. The Bertz CT molecular complexity index is 1240. The van der Waals surface area contributed by atoms with Gasteiger partial charge in [-0.2, -0.15) is 0 Å². The Morgan fingerprint density at radius 2 is 1.94 bits per heavy atom. The van der Waals surface area contributed by atoms with Crippen molar-refractivity contribution in [1.29, 1.82) is 0 Å². The molecule has 0 unspecified atom stereocenters. The van der Waals surface area contributed by atoms with Crippen molar-refractivity contribution in [3.63, 3.8) is 0 Å². The van der Waals surface area contributed by atoms with E-state index in [-0.39, 0.29) is 5.41 Å². The van der Waals surface area contributed by atoms with Crippen molar-refractivity contribution < 1.29 is 14.6 Å². The quantitative estimate of drug-likeness (QED) is 0.329. The van der Waals surface area contributed by atoms with E-state index in [0.29, 0.717) is 30.4 Å². The number of anilines is 1. The van der Waals surface area contributed by atoms with Crippen LogP contribution in [0, 0.1) is 12.8 Å². The predicted molar refractivity (Wildman–Crippen MR) is 143 cm³/mol.